The number of rotatable bonds is 19. The summed E-state index contributed by atoms with van der Waals surface area (Å²) in [5.74, 6) is 0. The lowest BCUT2D eigenvalue weighted by Gasteiger charge is -2.29. The molecule has 1 nitrogen and oxygen atoms in total. The van der Waals surface area contributed by atoms with Crippen LogP contribution in [0.15, 0.2) is 0 Å². The maximum absolute atomic E-state index is 13.8. The Hall–Kier alpha value is -1.37. The van der Waals surface area contributed by atoms with Crippen molar-refractivity contribution in [3.8, 4) is 0 Å². The third-order valence-electron chi connectivity index (χ3n) is 5.56. The summed E-state index contributed by atoms with van der Waals surface area (Å²) in [6.07, 6.45) is -76.2. The first kappa shape index (κ1) is 38.6. The molecule has 0 bridgehead atoms. The molecule has 0 saturated heterocycles. The molecule has 0 aliphatic carbocycles. The van der Waals surface area contributed by atoms with Crippen LogP contribution in [-0.2, 0) is 0 Å². The second-order valence-corrected chi connectivity index (χ2v) is 8.48. The van der Waals surface area contributed by atoms with Crippen LogP contribution >= 0.6 is 0 Å². The van der Waals surface area contributed by atoms with Gasteiger partial charge in [0.25, 0.3) is 0 Å². The molecule has 0 aliphatic rings. The largest absolute Gasteiger partial charge is 0.362 e. The van der Waals surface area contributed by atoms with Crippen molar-refractivity contribution >= 4 is 0 Å². The quantitative estimate of drug-likeness (QED) is 0.163. The molecule has 242 valence electrons. The predicted octanol–water partition coefficient (Wildman–Crippen LogP) is 6.38. The van der Waals surface area contributed by atoms with Crippen LogP contribution in [-0.4, -0.2) is 123 Å². The zero-order valence-corrected chi connectivity index (χ0v) is 19.4. The van der Waals surface area contributed by atoms with Gasteiger partial charge in [0.15, 0.2) is 98.7 Å². The Morgan fingerprint density at radius 3 is 0.650 bits per heavy atom. The first-order valence-corrected chi connectivity index (χ1v) is 11.0. The molecule has 0 aromatic heterocycles. The van der Waals surface area contributed by atoms with Crippen LogP contribution in [0.3, 0.4) is 0 Å². The van der Waals surface area contributed by atoms with Gasteiger partial charge in [-0.3, -0.25) is 4.39 Å². The minimum atomic E-state index is -4.47. The summed E-state index contributed by atoms with van der Waals surface area (Å²) >= 11 is 0. The van der Waals surface area contributed by atoms with Gasteiger partial charge in [0.2, 0.25) is 6.36 Å². The predicted molar refractivity (Wildman–Crippen MR) is 101 cm³/mol. The van der Waals surface area contributed by atoms with Crippen molar-refractivity contribution in [1.29, 1.82) is 0 Å². The van der Waals surface area contributed by atoms with Crippen molar-refractivity contribution in [2.24, 2.45) is 0 Å². The second kappa shape index (κ2) is 16.9. The molecule has 0 saturated carbocycles. The molecule has 0 aromatic carbocycles. The van der Waals surface area contributed by atoms with E-state index in [9.17, 15) is 83.4 Å². The van der Waals surface area contributed by atoms with Gasteiger partial charge in [0.05, 0.1) is 6.67 Å². The molecule has 0 amide bonds. The maximum atomic E-state index is 13.8. The van der Waals surface area contributed by atoms with Crippen LogP contribution in [0.1, 0.15) is 6.42 Å². The fourth-order valence-corrected chi connectivity index (χ4v) is 3.07. The smallest absolute Gasteiger partial charge is 0.231 e. The molecule has 0 aliphatic heterocycles. The van der Waals surface area contributed by atoms with Crippen molar-refractivity contribution in [2.45, 2.75) is 118 Å². The van der Waals surface area contributed by atoms with Gasteiger partial charge in [-0.2, -0.15) is 0 Å². The van der Waals surface area contributed by atoms with Crippen molar-refractivity contribution in [3.63, 3.8) is 0 Å². The van der Waals surface area contributed by atoms with Gasteiger partial charge >= 0.3 is 0 Å². The summed E-state index contributed by atoms with van der Waals surface area (Å²) in [5.41, 5.74) is 0. The van der Waals surface area contributed by atoms with E-state index in [4.69, 9.17) is 5.11 Å². The van der Waals surface area contributed by atoms with E-state index in [1.807, 2.05) is 0 Å². The van der Waals surface area contributed by atoms with Crippen molar-refractivity contribution < 1.29 is 88.5 Å². The average Bonchev–Trinajstić information content (AvgIpc) is 2.94. The summed E-state index contributed by atoms with van der Waals surface area (Å²) in [6.45, 7) is -1.62. The van der Waals surface area contributed by atoms with E-state index in [2.05, 4.69) is 0 Å². The molecule has 0 rings (SSSR count). The van der Waals surface area contributed by atoms with Crippen LogP contribution in [0.4, 0.5) is 83.4 Å². The summed E-state index contributed by atoms with van der Waals surface area (Å²) in [5, 5.41) is 8.10. The lowest BCUT2D eigenvalue weighted by molar-refractivity contribution is -0.0997. The van der Waals surface area contributed by atoms with Crippen molar-refractivity contribution in [1.82, 2.24) is 0 Å². The van der Waals surface area contributed by atoms with Gasteiger partial charge < -0.3 is 5.11 Å². The minimum absolute atomic E-state index is 1.38. The second-order valence-electron chi connectivity index (χ2n) is 8.48. The molecule has 40 heavy (non-hydrogen) atoms. The highest BCUT2D eigenvalue weighted by Gasteiger charge is 2.53. The highest BCUT2D eigenvalue weighted by molar-refractivity contribution is 4.99. The van der Waals surface area contributed by atoms with E-state index < -0.39 is 124 Å². The van der Waals surface area contributed by atoms with Gasteiger partial charge in [-0.1, -0.05) is 0 Å². The van der Waals surface area contributed by atoms with E-state index in [1.54, 1.807) is 0 Å². The summed E-state index contributed by atoms with van der Waals surface area (Å²) in [4.78, 5) is 0. The zero-order chi connectivity index (χ0) is 31.8. The summed E-state index contributed by atoms with van der Waals surface area (Å²) in [7, 11) is 0. The van der Waals surface area contributed by atoms with E-state index in [1.165, 1.54) is 0 Å². The highest BCUT2D eigenvalue weighted by atomic mass is 19.2. The molecule has 0 fully saturated rings. The molecule has 0 spiro atoms. The molecule has 18 atom stereocenters. The maximum Gasteiger partial charge on any atom is 0.231 e. The standard InChI is InChI=1S/C20H23F19O/c21-2-1-3(22)4(23)5(24)6(25)7(26)8(27)9(28)10(29)11(30)12(31)13(32)14(33)15(34)16(35)17(36)18(37)19(38)20(39)40/h3-20,40H,1-2H2. The normalized spacial score (nSPS) is 26.4. The fraction of sp³-hybridized carbons (Fsp3) is 1.00. The first-order chi connectivity index (χ1) is 18.3. The molecule has 18 unspecified atom stereocenters. The van der Waals surface area contributed by atoms with Gasteiger partial charge in [-0.25, -0.2) is 79.0 Å². The van der Waals surface area contributed by atoms with E-state index in [-0.39, 0.29) is 0 Å². The average molecular weight is 640 g/mol. The lowest BCUT2D eigenvalue weighted by atomic mass is 9.92. The number of hydrogen-bond donors (Lipinski definition) is 1. The van der Waals surface area contributed by atoms with Crippen LogP contribution in [0.25, 0.3) is 0 Å². The van der Waals surface area contributed by atoms with Crippen LogP contribution in [0.2, 0.25) is 0 Å². The first-order valence-electron chi connectivity index (χ1n) is 11.0. The van der Waals surface area contributed by atoms with Gasteiger partial charge in [0, 0.05) is 6.42 Å². The fourth-order valence-electron chi connectivity index (χ4n) is 3.07. The Labute approximate surface area is 214 Å². The van der Waals surface area contributed by atoms with Crippen LogP contribution in [0.5, 0.6) is 0 Å². The summed E-state index contributed by atoms with van der Waals surface area (Å²) < 4.78 is 255. The van der Waals surface area contributed by atoms with Gasteiger partial charge in [-0.05, 0) is 0 Å². The van der Waals surface area contributed by atoms with Crippen LogP contribution < -0.4 is 0 Å². The van der Waals surface area contributed by atoms with E-state index >= 15 is 0 Å². The number of aliphatic hydroxyl groups is 1. The molecular formula is C20H23F19O. The molecule has 0 heterocycles. The zero-order valence-electron chi connectivity index (χ0n) is 19.4. The Balaban J connectivity index is 5.38. The lowest BCUT2D eigenvalue weighted by Crippen LogP contribution is -2.52. The molecular weight excluding hydrogens is 617 g/mol. The number of hydrogen-bond acceptors (Lipinski definition) is 1. The Kier molecular flexibility index (Phi) is 16.3. The molecule has 0 aromatic rings. The SMILES string of the molecule is OC(F)C(F)C(F)C(F)C(F)C(F)C(F)C(F)C(F)C(F)C(F)C(F)C(F)C(F)C(F)C(F)C(F)C(F)CCF. The number of alkyl halides is 19. The Morgan fingerprint density at radius 1 is 0.300 bits per heavy atom. The molecule has 20 heteroatoms. The van der Waals surface area contributed by atoms with Crippen molar-refractivity contribution in [3.05, 3.63) is 0 Å². The number of halogens is 19. The van der Waals surface area contributed by atoms with E-state index in [0.717, 1.165) is 0 Å². The number of aliphatic hydroxyl groups excluding tert-OH is 1. The van der Waals surface area contributed by atoms with Crippen LogP contribution in [0, 0.1) is 0 Å². The molecule has 0 radical (unpaired) electrons. The summed E-state index contributed by atoms with van der Waals surface area (Å²) in [6, 6.07) is 0. The highest BCUT2D eigenvalue weighted by Crippen LogP contribution is 2.33. The Morgan fingerprint density at radius 2 is 0.475 bits per heavy atom. The van der Waals surface area contributed by atoms with Gasteiger partial charge in [-0.15, -0.1) is 0 Å². The third kappa shape index (κ3) is 9.59. The topological polar surface area (TPSA) is 20.2 Å². The monoisotopic (exact) mass is 640 g/mol. The van der Waals surface area contributed by atoms with Crippen molar-refractivity contribution in [2.75, 3.05) is 6.67 Å². The third-order valence-corrected chi connectivity index (χ3v) is 5.56. The van der Waals surface area contributed by atoms with Gasteiger partial charge in [0.1, 0.15) is 6.17 Å². The minimum Gasteiger partial charge on any atom is -0.362 e. The molecule has 1 N–H and O–H groups in total. The van der Waals surface area contributed by atoms with E-state index in [0.29, 0.717) is 0 Å². The Bertz CT molecular complexity index is 694.